The molecule has 0 fully saturated rings. The summed E-state index contributed by atoms with van der Waals surface area (Å²) >= 11 is 0. The van der Waals surface area contributed by atoms with Gasteiger partial charge in [-0.25, -0.2) is 0 Å². The number of alkyl halides is 2. The van der Waals surface area contributed by atoms with E-state index in [0.717, 1.165) is 5.56 Å². The molecule has 1 aliphatic rings. The van der Waals surface area contributed by atoms with E-state index >= 15 is 0 Å². The zero-order valence-corrected chi connectivity index (χ0v) is 16.7. The monoisotopic (exact) mass is 419 g/mol. The second-order valence-electron chi connectivity index (χ2n) is 6.48. The van der Waals surface area contributed by atoms with Crippen LogP contribution in [0.15, 0.2) is 42.5 Å². The van der Waals surface area contributed by atoms with Gasteiger partial charge < -0.3 is 24.3 Å². The molecule has 0 saturated carbocycles. The van der Waals surface area contributed by atoms with E-state index in [1.807, 2.05) is 25.1 Å². The van der Waals surface area contributed by atoms with Crippen LogP contribution in [0, 0.1) is 0 Å². The first-order valence-electron chi connectivity index (χ1n) is 9.56. The van der Waals surface area contributed by atoms with Gasteiger partial charge in [-0.05, 0) is 55.3 Å². The van der Waals surface area contributed by atoms with Crippen molar-refractivity contribution in [3.8, 4) is 23.0 Å². The van der Waals surface area contributed by atoms with Crippen molar-refractivity contribution in [2.24, 2.45) is 0 Å². The van der Waals surface area contributed by atoms with E-state index in [2.05, 4.69) is 10.1 Å². The Morgan fingerprint density at radius 1 is 1.13 bits per heavy atom. The first-order valence-corrected chi connectivity index (χ1v) is 9.56. The summed E-state index contributed by atoms with van der Waals surface area (Å²) in [5, 5.41) is 2.87. The van der Waals surface area contributed by atoms with Gasteiger partial charge in [-0.1, -0.05) is 12.1 Å². The normalized spacial score (nSPS) is 13.9. The maximum absolute atomic E-state index is 12.5. The molecule has 3 rings (SSSR count). The lowest BCUT2D eigenvalue weighted by atomic mass is 10.1. The van der Waals surface area contributed by atoms with E-state index in [1.165, 1.54) is 18.2 Å². The molecule has 1 amide bonds. The highest BCUT2D eigenvalue weighted by Gasteiger charge is 2.15. The molecule has 2 aromatic carbocycles. The predicted molar refractivity (Wildman–Crippen MR) is 107 cm³/mol. The Morgan fingerprint density at radius 3 is 2.63 bits per heavy atom. The lowest BCUT2D eigenvalue weighted by Gasteiger charge is -2.20. The van der Waals surface area contributed by atoms with Gasteiger partial charge in [0, 0.05) is 6.08 Å². The molecule has 160 valence electrons. The number of halogens is 2. The molecule has 2 aromatic rings. The fourth-order valence-electron chi connectivity index (χ4n) is 2.94. The molecule has 1 atom stereocenters. The van der Waals surface area contributed by atoms with Crippen molar-refractivity contribution in [1.82, 2.24) is 5.32 Å². The number of benzene rings is 2. The van der Waals surface area contributed by atoms with Gasteiger partial charge >= 0.3 is 6.61 Å². The predicted octanol–water partition coefficient (Wildman–Crippen LogP) is 4.35. The second kappa shape index (κ2) is 9.96. The summed E-state index contributed by atoms with van der Waals surface area (Å²) < 4.78 is 45.8. The molecule has 0 bridgehead atoms. The van der Waals surface area contributed by atoms with Gasteiger partial charge in [0.25, 0.3) is 0 Å². The van der Waals surface area contributed by atoms with Crippen molar-refractivity contribution in [3.63, 3.8) is 0 Å². The Kier molecular flexibility index (Phi) is 7.11. The Morgan fingerprint density at radius 2 is 1.90 bits per heavy atom. The number of ether oxygens (including phenoxy) is 4. The van der Waals surface area contributed by atoms with E-state index < -0.39 is 6.61 Å². The highest BCUT2D eigenvalue weighted by atomic mass is 19.3. The average molecular weight is 419 g/mol. The van der Waals surface area contributed by atoms with Gasteiger partial charge in [0.05, 0.1) is 12.6 Å². The molecule has 0 aromatic heterocycles. The van der Waals surface area contributed by atoms with Crippen molar-refractivity contribution in [3.05, 3.63) is 53.6 Å². The maximum atomic E-state index is 12.5. The molecular weight excluding hydrogens is 396 g/mol. The van der Waals surface area contributed by atoms with Crippen LogP contribution in [0.2, 0.25) is 0 Å². The van der Waals surface area contributed by atoms with Gasteiger partial charge in [0.1, 0.15) is 13.2 Å². The van der Waals surface area contributed by atoms with Crippen LogP contribution in [-0.2, 0) is 4.79 Å². The topological polar surface area (TPSA) is 66.0 Å². The number of carbonyl (C=O) groups excluding carboxylic acids is 1. The van der Waals surface area contributed by atoms with Crippen LogP contribution >= 0.6 is 0 Å². The zero-order chi connectivity index (χ0) is 21.5. The van der Waals surface area contributed by atoms with Gasteiger partial charge in [-0.15, -0.1) is 0 Å². The van der Waals surface area contributed by atoms with E-state index in [4.69, 9.17) is 14.2 Å². The van der Waals surface area contributed by atoms with Crippen LogP contribution in [0.25, 0.3) is 6.08 Å². The molecule has 0 spiro atoms. The molecule has 0 aliphatic carbocycles. The SMILES string of the molecule is CCOc1cc(/C=C/C(=O)NC(C)c2ccc3c(c2)OCCO3)ccc1OC(F)F. The quantitative estimate of drug-likeness (QED) is 0.645. The Balaban J connectivity index is 1.64. The largest absolute Gasteiger partial charge is 0.490 e. The summed E-state index contributed by atoms with van der Waals surface area (Å²) in [5.74, 6) is 1.17. The third-order valence-corrected chi connectivity index (χ3v) is 4.34. The molecule has 0 radical (unpaired) electrons. The van der Waals surface area contributed by atoms with E-state index in [1.54, 1.807) is 19.1 Å². The van der Waals surface area contributed by atoms with Crippen LogP contribution < -0.4 is 24.3 Å². The average Bonchev–Trinajstić information content (AvgIpc) is 2.73. The summed E-state index contributed by atoms with van der Waals surface area (Å²) in [5.41, 5.74) is 1.50. The highest BCUT2D eigenvalue weighted by molar-refractivity contribution is 5.92. The third kappa shape index (κ3) is 5.62. The van der Waals surface area contributed by atoms with E-state index in [9.17, 15) is 13.6 Å². The number of rotatable bonds is 8. The number of amides is 1. The van der Waals surface area contributed by atoms with Crippen LogP contribution in [-0.4, -0.2) is 32.3 Å². The number of nitrogens with one attached hydrogen (secondary N) is 1. The van der Waals surface area contributed by atoms with Gasteiger partial charge in [-0.3, -0.25) is 4.79 Å². The van der Waals surface area contributed by atoms with Crippen molar-refractivity contribution in [2.45, 2.75) is 26.5 Å². The van der Waals surface area contributed by atoms with Crippen LogP contribution in [0.3, 0.4) is 0 Å². The third-order valence-electron chi connectivity index (χ3n) is 4.34. The van der Waals surface area contributed by atoms with Crippen LogP contribution in [0.5, 0.6) is 23.0 Å². The second-order valence-corrected chi connectivity index (χ2v) is 6.48. The van der Waals surface area contributed by atoms with Crippen molar-refractivity contribution in [2.75, 3.05) is 19.8 Å². The van der Waals surface area contributed by atoms with E-state index in [0.29, 0.717) is 36.9 Å². The van der Waals surface area contributed by atoms with Crippen LogP contribution in [0.1, 0.15) is 31.0 Å². The Hall–Kier alpha value is -3.29. The fraction of sp³-hybridized carbons (Fsp3) is 0.318. The van der Waals surface area contributed by atoms with E-state index in [-0.39, 0.29) is 23.4 Å². The smallest absolute Gasteiger partial charge is 0.387 e. The van der Waals surface area contributed by atoms with Crippen molar-refractivity contribution >= 4 is 12.0 Å². The molecule has 8 heteroatoms. The molecule has 6 nitrogen and oxygen atoms in total. The molecule has 1 unspecified atom stereocenters. The maximum Gasteiger partial charge on any atom is 0.387 e. The summed E-state index contributed by atoms with van der Waals surface area (Å²) in [7, 11) is 0. The summed E-state index contributed by atoms with van der Waals surface area (Å²) in [6, 6.07) is 9.77. The first kappa shape index (κ1) is 21.4. The minimum atomic E-state index is -2.95. The lowest BCUT2D eigenvalue weighted by Crippen LogP contribution is -2.25. The molecule has 0 saturated heterocycles. The van der Waals surface area contributed by atoms with Crippen molar-refractivity contribution in [1.29, 1.82) is 0 Å². The minimum Gasteiger partial charge on any atom is -0.490 e. The Labute approximate surface area is 173 Å². The summed E-state index contributed by atoms with van der Waals surface area (Å²) in [4.78, 5) is 12.3. The van der Waals surface area contributed by atoms with Gasteiger partial charge in [0.15, 0.2) is 23.0 Å². The molecule has 1 heterocycles. The molecule has 30 heavy (non-hydrogen) atoms. The fourth-order valence-corrected chi connectivity index (χ4v) is 2.94. The lowest BCUT2D eigenvalue weighted by molar-refractivity contribution is -0.117. The Bertz CT molecular complexity index is 916. The highest BCUT2D eigenvalue weighted by Crippen LogP contribution is 2.33. The first-order chi connectivity index (χ1) is 14.5. The molecule has 1 aliphatic heterocycles. The van der Waals surface area contributed by atoms with Crippen LogP contribution in [0.4, 0.5) is 8.78 Å². The summed E-state index contributed by atoms with van der Waals surface area (Å²) in [6.45, 7) is 1.95. The molecule has 1 N–H and O–H groups in total. The standard InChI is InChI=1S/C22H23F2NO5/c1-3-27-19-12-15(4-7-18(19)30-22(23)24)5-9-21(26)25-14(2)16-6-8-17-20(13-16)29-11-10-28-17/h4-9,12-14,22H,3,10-11H2,1-2H3,(H,25,26)/b9-5+. The summed E-state index contributed by atoms with van der Waals surface area (Å²) in [6.07, 6.45) is 2.94. The molecular formula is C22H23F2NO5. The number of hydrogen-bond acceptors (Lipinski definition) is 5. The van der Waals surface area contributed by atoms with Gasteiger partial charge in [0.2, 0.25) is 5.91 Å². The van der Waals surface area contributed by atoms with Gasteiger partial charge in [-0.2, -0.15) is 8.78 Å². The van der Waals surface area contributed by atoms with Crippen molar-refractivity contribution < 1.29 is 32.5 Å². The number of carbonyl (C=O) groups is 1. The minimum absolute atomic E-state index is 0.0549. The number of fused-ring (bicyclic) bond motifs is 1. The number of hydrogen-bond donors (Lipinski definition) is 1. The zero-order valence-electron chi connectivity index (χ0n) is 16.7.